The lowest BCUT2D eigenvalue weighted by atomic mass is 10.2. The Morgan fingerprint density at radius 2 is 1.95 bits per heavy atom. The van der Waals surface area contributed by atoms with Gasteiger partial charge in [-0.3, -0.25) is 4.79 Å². The van der Waals surface area contributed by atoms with Crippen molar-refractivity contribution in [2.24, 2.45) is 0 Å². The quantitative estimate of drug-likeness (QED) is 0.670. The highest BCUT2D eigenvalue weighted by atomic mass is 32.2. The van der Waals surface area contributed by atoms with Crippen molar-refractivity contribution < 1.29 is 9.18 Å². The Morgan fingerprint density at radius 1 is 1.25 bits per heavy atom. The minimum Gasteiger partial charge on any atom is -0.398 e. The van der Waals surface area contributed by atoms with Crippen molar-refractivity contribution in [3.05, 3.63) is 53.8 Å². The molecular weight excluding hydrogens is 275 g/mol. The summed E-state index contributed by atoms with van der Waals surface area (Å²) in [4.78, 5) is 12.8. The zero-order chi connectivity index (χ0) is 14.5. The molecule has 0 fully saturated rings. The molecule has 20 heavy (non-hydrogen) atoms. The van der Waals surface area contributed by atoms with E-state index < -0.39 is 0 Å². The largest absolute Gasteiger partial charge is 0.398 e. The maximum Gasteiger partial charge on any atom is 0.234 e. The molecule has 3 N–H and O–H groups in total. The van der Waals surface area contributed by atoms with E-state index in [9.17, 15) is 9.18 Å². The van der Waals surface area contributed by atoms with E-state index >= 15 is 0 Å². The lowest BCUT2D eigenvalue weighted by molar-refractivity contribution is -0.113. The number of nitrogens with one attached hydrogen (secondary N) is 1. The van der Waals surface area contributed by atoms with Gasteiger partial charge >= 0.3 is 0 Å². The molecule has 0 radical (unpaired) electrons. The molecule has 5 heteroatoms. The summed E-state index contributed by atoms with van der Waals surface area (Å²) in [6.07, 6.45) is 0. The second-order valence-electron chi connectivity index (χ2n) is 4.31. The van der Waals surface area contributed by atoms with Gasteiger partial charge in [0.2, 0.25) is 5.91 Å². The Balaban J connectivity index is 1.92. The second-order valence-corrected chi connectivity index (χ2v) is 5.33. The molecular formula is C15H15FN2OS. The fourth-order valence-electron chi connectivity index (χ4n) is 1.66. The van der Waals surface area contributed by atoms with E-state index in [1.54, 1.807) is 0 Å². The van der Waals surface area contributed by atoms with Crippen LogP contribution in [0.2, 0.25) is 0 Å². The van der Waals surface area contributed by atoms with Crippen LogP contribution < -0.4 is 11.1 Å². The number of thioether (sulfide) groups is 1. The van der Waals surface area contributed by atoms with Crippen molar-refractivity contribution in [2.45, 2.75) is 11.8 Å². The summed E-state index contributed by atoms with van der Waals surface area (Å²) >= 11 is 1.43. The molecule has 0 aromatic heterocycles. The molecule has 0 atom stereocenters. The molecule has 104 valence electrons. The summed E-state index contributed by atoms with van der Waals surface area (Å²) in [7, 11) is 0. The van der Waals surface area contributed by atoms with Gasteiger partial charge in [-0.2, -0.15) is 0 Å². The van der Waals surface area contributed by atoms with E-state index in [0.29, 0.717) is 11.4 Å². The first-order chi connectivity index (χ1) is 9.56. The number of hydrogen-bond acceptors (Lipinski definition) is 3. The number of anilines is 2. The van der Waals surface area contributed by atoms with Crippen LogP contribution in [-0.2, 0) is 4.79 Å². The van der Waals surface area contributed by atoms with Crippen molar-refractivity contribution in [2.75, 3.05) is 16.8 Å². The van der Waals surface area contributed by atoms with Crippen molar-refractivity contribution >= 4 is 29.0 Å². The van der Waals surface area contributed by atoms with Crippen LogP contribution in [0.25, 0.3) is 0 Å². The van der Waals surface area contributed by atoms with Crippen molar-refractivity contribution in [1.82, 2.24) is 0 Å². The van der Waals surface area contributed by atoms with E-state index in [1.807, 2.05) is 25.1 Å². The van der Waals surface area contributed by atoms with Crippen LogP contribution in [0.3, 0.4) is 0 Å². The van der Waals surface area contributed by atoms with Gasteiger partial charge in [0.1, 0.15) is 5.82 Å². The number of nitrogens with two attached hydrogens (primary N) is 1. The third-order valence-corrected chi connectivity index (χ3v) is 3.97. The fourth-order valence-corrected chi connectivity index (χ4v) is 2.53. The first kappa shape index (κ1) is 14.4. The van der Waals surface area contributed by atoms with Gasteiger partial charge < -0.3 is 11.1 Å². The molecule has 2 aromatic carbocycles. The second kappa shape index (κ2) is 6.43. The topological polar surface area (TPSA) is 55.1 Å². The Morgan fingerprint density at radius 3 is 2.65 bits per heavy atom. The Kier molecular flexibility index (Phi) is 4.63. The van der Waals surface area contributed by atoms with Gasteiger partial charge in [-0.1, -0.05) is 6.07 Å². The van der Waals surface area contributed by atoms with Gasteiger partial charge in [-0.05, 0) is 48.9 Å². The first-order valence-corrected chi connectivity index (χ1v) is 7.08. The Hall–Kier alpha value is -2.01. The number of halogens is 1. The van der Waals surface area contributed by atoms with E-state index in [1.165, 1.54) is 36.0 Å². The van der Waals surface area contributed by atoms with Gasteiger partial charge in [-0.15, -0.1) is 11.8 Å². The number of hydrogen-bond donors (Lipinski definition) is 2. The maximum absolute atomic E-state index is 12.7. The molecule has 0 saturated carbocycles. The SMILES string of the molecule is Cc1c(N)cccc1SCC(=O)Nc1ccc(F)cc1. The highest BCUT2D eigenvalue weighted by molar-refractivity contribution is 8.00. The molecule has 0 heterocycles. The third kappa shape index (κ3) is 3.74. The fraction of sp³-hybridized carbons (Fsp3) is 0.133. The van der Waals surface area contributed by atoms with Gasteiger partial charge in [0.15, 0.2) is 0 Å². The number of benzene rings is 2. The highest BCUT2D eigenvalue weighted by Crippen LogP contribution is 2.26. The molecule has 2 rings (SSSR count). The molecule has 2 aromatic rings. The minimum absolute atomic E-state index is 0.136. The summed E-state index contributed by atoms with van der Waals surface area (Å²) < 4.78 is 12.7. The molecule has 3 nitrogen and oxygen atoms in total. The monoisotopic (exact) mass is 290 g/mol. The maximum atomic E-state index is 12.7. The van der Waals surface area contributed by atoms with Crippen LogP contribution in [-0.4, -0.2) is 11.7 Å². The van der Waals surface area contributed by atoms with E-state index in [-0.39, 0.29) is 17.5 Å². The van der Waals surface area contributed by atoms with Crippen molar-refractivity contribution in [3.63, 3.8) is 0 Å². The number of rotatable bonds is 4. The molecule has 0 aliphatic carbocycles. The normalized spacial score (nSPS) is 10.3. The zero-order valence-corrected chi connectivity index (χ0v) is 11.8. The van der Waals surface area contributed by atoms with E-state index in [2.05, 4.69) is 5.32 Å². The number of carbonyl (C=O) groups is 1. The standard InChI is InChI=1S/C15H15FN2OS/c1-10-13(17)3-2-4-14(10)20-9-15(19)18-12-7-5-11(16)6-8-12/h2-8H,9,17H2,1H3,(H,18,19). The van der Waals surface area contributed by atoms with Crippen LogP contribution in [0.4, 0.5) is 15.8 Å². The molecule has 1 amide bonds. The number of amides is 1. The molecule has 0 bridgehead atoms. The Bertz CT molecular complexity index is 614. The third-order valence-electron chi connectivity index (χ3n) is 2.81. The highest BCUT2D eigenvalue weighted by Gasteiger charge is 2.06. The number of nitrogen functional groups attached to an aromatic ring is 1. The van der Waals surface area contributed by atoms with Gasteiger partial charge in [-0.25, -0.2) is 4.39 Å². The summed E-state index contributed by atoms with van der Waals surface area (Å²) in [5.74, 6) is -0.182. The molecule has 0 aliphatic rings. The average Bonchev–Trinajstić information content (AvgIpc) is 2.43. The van der Waals surface area contributed by atoms with E-state index in [4.69, 9.17) is 5.73 Å². The minimum atomic E-state index is -0.326. The molecule has 0 spiro atoms. The summed E-state index contributed by atoms with van der Waals surface area (Å²) in [6.45, 7) is 1.93. The van der Waals surface area contributed by atoms with Crippen LogP contribution in [0, 0.1) is 12.7 Å². The summed E-state index contributed by atoms with van der Waals surface area (Å²) in [6, 6.07) is 11.3. The Labute approximate surface area is 121 Å². The average molecular weight is 290 g/mol. The van der Waals surface area contributed by atoms with Gasteiger partial charge in [0.25, 0.3) is 0 Å². The van der Waals surface area contributed by atoms with Crippen LogP contribution in [0.5, 0.6) is 0 Å². The lowest BCUT2D eigenvalue weighted by Gasteiger charge is -2.08. The van der Waals surface area contributed by atoms with Crippen LogP contribution in [0.15, 0.2) is 47.4 Å². The predicted molar refractivity (Wildman–Crippen MR) is 81.3 cm³/mol. The van der Waals surface area contributed by atoms with Gasteiger partial charge in [0, 0.05) is 16.3 Å². The smallest absolute Gasteiger partial charge is 0.234 e. The predicted octanol–water partition coefficient (Wildman–Crippen LogP) is 3.45. The van der Waals surface area contributed by atoms with Crippen molar-refractivity contribution in [3.8, 4) is 0 Å². The molecule has 0 aliphatic heterocycles. The van der Waals surface area contributed by atoms with Crippen molar-refractivity contribution in [1.29, 1.82) is 0 Å². The zero-order valence-electron chi connectivity index (χ0n) is 11.0. The van der Waals surface area contributed by atoms with Gasteiger partial charge in [0.05, 0.1) is 5.75 Å². The molecule has 0 saturated heterocycles. The lowest BCUT2D eigenvalue weighted by Crippen LogP contribution is -2.14. The van der Waals surface area contributed by atoms with E-state index in [0.717, 1.165) is 10.5 Å². The first-order valence-electron chi connectivity index (χ1n) is 6.09. The summed E-state index contributed by atoms with van der Waals surface area (Å²) in [5, 5.41) is 2.72. The summed E-state index contributed by atoms with van der Waals surface area (Å²) in [5.41, 5.74) is 8.10. The van der Waals surface area contributed by atoms with Crippen LogP contribution >= 0.6 is 11.8 Å². The molecule has 0 unspecified atom stereocenters. The van der Waals surface area contributed by atoms with Crippen LogP contribution in [0.1, 0.15) is 5.56 Å². The number of carbonyl (C=O) groups excluding carboxylic acids is 1.